The zero-order chi connectivity index (χ0) is 28.8. The van der Waals surface area contributed by atoms with Crippen molar-refractivity contribution in [3.63, 3.8) is 0 Å². The van der Waals surface area contributed by atoms with Gasteiger partial charge in [0.05, 0.1) is 4.47 Å². The highest BCUT2D eigenvalue weighted by atomic mass is 79.9. The molecule has 4 unspecified atom stereocenters. The molecule has 0 radical (unpaired) electrons. The number of hydrogen-bond donors (Lipinski definition) is 0. The number of aromatic nitrogens is 1. The van der Waals surface area contributed by atoms with Crippen LogP contribution in [0.2, 0.25) is 0 Å². The molecule has 0 N–H and O–H groups in total. The van der Waals surface area contributed by atoms with Gasteiger partial charge >= 0.3 is 0 Å². The minimum atomic E-state index is -0.965. The molecule has 12 nitrogen and oxygen atoms in total. The van der Waals surface area contributed by atoms with Crippen LogP contribution in [0.3, 0.4) is 0 Å². The highest BCUT2D eigenvalue weighted by Crippen LogP contribution is 2.54. The lowest BCUT2D eigenvalue weighted by atomic mass is 10.1. The highest BCUT2D eigenvalue weighted by molar-refractivity contribution is 9.13. The molecule has 0 aliphatic carbocycles. The molecule has 5 aliphatic rings. The summed E-state index contributed by atoms with van der Waals surface area (Å²) in [5.41, 5.74) is 0.844. The minimum Gasteiger partial charge on any atom is -0.289 e. The molecule has 5 aliphatic heterocycles. The van der Waals surface area contributed by atoms with Gasteiger partial charge in [-0.3, -0.25) is 58.4 Å². The second-order valence-corrected chi connectivity index (χ2v) is 12.4. The molecule has 0 saturated carbocycles. The molecule has 7 rings (SSSR count). The Hall–Kier alpha value is -3.14. The fourth-order valence-corrected chi connectivity index (χ4v) is 8.32. The van der Waals surface area contributed by atoms with Gasteiger partial charge in [0.25, 0.3) is 5.91 Å². The van der Waals surface area contributed by atoms with E-state index in [0.29, 0.717) is 13.8 Å². The van der Waals surface area contributed by atoms with E-state index in [4.69, 9.17) is 0 Å². The molecule has 4 atom stereocenters. The van der Waals surface area contributed by atoms with E-state index in [1.165, 1.54) is 63.5 Å². The topological polar surface area (TPSA) is 118 Å². The predicted molar refractivity (Wildman–Crippen MR) is 148 cm³/mol. The van der Waals surface area contributed by atoms with Gasteiger partial charge in [-0.05, 0) is 49.6 Å². The van der Waals surface area contributed by atoms with E-state index in [0.717, 1.165) is 5.56 Å². The van der Waals surface area contributed by atoms with Crippen LogP contribution in [-0.4, -0.2) is 88.6 Å². The number of carbonyl (C=O) groups excluding carboxylic acids is 5. The van der Waals surface area contributed by atoms with Crippen LogP contribution in [0.15, 0.2) is 50.5 Å². The van der Waals surface area contributed by atoms with Gasteiger partial charge in [0, 0.05) is 56.5 Å². The van der Waals surface area contributed by atoms with Crippen LogP contribution < -0.4 is 0 Å². The maximum Gasteiger partial charge on any atom is 0.268 e. The van der Waals surface area contributed by atoms with Gasteiger partial charge in [-0.2, -0.15) is 0 Å². The van der Waals surface area contributed by atoms with Crippen LogP contribution >= 0.6 is 43.2 Å². The number of carbonyl (C=O) groups is 5. The maximum absolute atomic E-state index is 14.4. The molecule has 3 fully saturated rings. The monoisotopic (exact) mass is 691 g/mol. The molecule has 15 heteroatoms. The zero-order valence-corrected chi connectivity index (χ0v) is 25.7. The molecular weight excluding hydrogens is 670 g/mol. The normalized spacial score (nSPS) is 24.9. The molecule has 0 spiro atoms. The van der Waals surface area contributed by atoms with Crippen molar-refractivity contribution in [2.45, 2.75) is 58.9 Å². The van der Waals surface area contributed by atoms with Crippen molar-refractivity contribution in [3.8, 4) is 0 Å². The number of nitrogens with zero attached hydrogens (tertiary/aromatic N) is 7. The molecule has 2 aromatic heterocycles. The maximum atomic E-state index is 14.4. The van der Waals surface area contributed by atoms with Gasteiger partial charge in [0.15, 0.2) is 11.6 Å². The molecule has 0 aromatic carbocycles. The SMILES string of the molecule is CC(=O)N1C2=C3N(C(C)=O)C4C(N3C(C)=O)N(C(=O)c3scc(Br)c3Br)C(C1N4Cc1ccncc1)N2C(C)=O. The third-order valence-electron chi connectivity index (χ3n) is 7.54. The lowest BCUT2D eigenvalue weighted by Crippen LogP contribution is -2.75. The van der Waals surface area contributed by atoms with Crippen molar-refractivity contribution in [1.82, 2.24) is 34.4 Å². The summed E-state index contributed by atoms with van der Waals surface area (Å²) >= 11 is 8.12. The Morgan fingerprint density at radius 2 is 1.23 bits per heavy atom. The van der Waals surface area contributed by atoms with Crippen molar-refractivity contribution in [1.29, 1.82) is 0 Å². The van der Waals surface area contributed by atoms with E-state index in [1.54, 1.807) is 17.8 Å². The fourth-order valence-electron chi connectivity index (χ4n) is 6.24. The fraction of sp³-hybridized carbons (Fsp3) is 0.360. The first-order valence-electron chi connectivity index (χ1n) is 12.3. The van der Waals surface area contributed by atoms with Gasteiger partial charge in [-0.25, -0.2) is 0 Å². The van der Waals surface area contributed by atoms with Crippen LogP contribution in [-0.2, 0) is 25.7 Å². The molecule has 208 valence electrons. The molecule has 6 bridgehead atoms. The highest BCUT2D eigenvalue weighted by Gasteiger charge is 2.71. The summed E-state index contributed by atoms with van der Waals surface area (Å²) in [4.78, 5) is 81.4. The van der Waals surface area contributed by atoms with E-state index in [2.05, 4.69) is 36.8 Å². The van der Waals surface area contributed by atoms with Gasteiger partial charge in [-0.15, -0.1) is 11.3 Å². The largest absolute Gasteiger partial charge is 0.289 e. The first-order chi connectivity index (χ1) is 19.0. The molecule has 7 heterocycles. The van der Waals surface area contributed by atoms with Crippen LogP contribution in [0.1, 0.15) is 42.9 Å². The summed E-state index contributed by atoms with van der Waals surface area (Å²) in [5.74, 6) is -1.87. The zero-order valence-electron chi connectivity index (χ0n) is 21.7. The molecule has 40 heavy (non-hydrogen) atoms. The van der Waals surface area contributed by atoms with E-state index in [1.807, 2.05) is 17.0 Å². The average molecular weight is 693 g/mol. The second-order valence-electron chi connectivity index (χ2n) is 9.82. The van der Waals surface area contributed by atoms with Crippen molar-refractivity contribution in [2.24, 2.45) is 0 Å². The molecular formula is C25H23Br2N7O5S. The Labute approximate surface area is 250 Å². The van der Waals surface area contributed by atoms with Crippen molar-refractivity contribution in [2.75, 3.05) is 0 Å². The Bertz CT molecular complexity index is 1470. The Balaban J connectivity index is 1.68. The van der Waals surface area contributed by atoms with Gasteiger partial charge in [0.1, 0.15) is 29.5 Å². The van der Waals surface area contributed by atoms with Crippen molar-refractivity contribution < 1.29 is 24.0 Å². The Kier molecular flexibility index (Phi) is 6.40. The van der Waals surface area contributed by atoms with Crippen LogP contribution in [0.4, 0.5) is 0 Å². The van der Waals surface area contributed by atoms with E-state index in [9.17, 15) is 24.0 Å². The van der Waals surface area contributed by atoms with Crippen molar-refractivity contribution in [3.05, 3.63) is 60.9 Å². The van der Waals surface area contributed by atoms with E-state index in [-0.39, 0.29) is 18.2 Å². The number of amides is 5. The minimum absolute atomic E-state index is 0.117. The van der Waals surface area contributed by atoms with Crippen LogP contribution in [0.25, 0.3) is 0 Å². The first kappa shape index (κ1) is 27.1. The average Bonchev–Trinajstić information content (AvgIpc) is 3.49. The lowest BCUT2D eigenvalue weighted by molar-refractivity contribution is -0.167. The number of halogens is 2. The quantitative estimate of drug-likeness (QED) is 0.485. The summed E-state index contributed by atoms with van der Waals surface area (Å²) in [7, 11) is 0. The Morgan fingerprint density at radius 3 is 1.62 bits per heavy atom. The number of thiophene rings is 1. The predicted octanol–water partition coefficient (Wildman–Crippen LogP) is 2.49. The van der Waals surface area contributed by atoms with Crippen molar-refractivity contribution >= 4 is 72.7 Å². The summed E-state index contributed by atoms with van der Waals surface area (Å²) in [5, 5.41) is 1.76. The smallest absolute Gasteiger partial charge is 0.268 e. The third kappa shape index (κ3) is 3.57. The first-order valence-corrected chi connectivity index (χ1v) is 14.8. The van der Waals surface area contributed by atoms with E-state index < -0.39 is 54.2 Å². The molecule has 2 aromatic rings. The summed E-state index contributed by atoms with van der Waals surface area (Å²) in [6.45, 7) is 5.68. The summed E-state index contributed by atoms with van der Waals surface area (Å²) in [6.07, 6.45) is -0.301. The summed E-state index contributed by atoms with van der Waals surface area (Å²) in [6, 6.07) is 3.64. The molecule has 5 amide bonds. The van der Waals surface area contributed by atoms with Gasteiger partial charge < -0.3 is 0 Å². The van der Waals surface area contributed by atoms with Gasteiger partial charge in [-0.1, -0.05) is 0 Å². The molecule has 3 saturated heterocycles. The number of rotatable bonds is 3. The van der Waals surface area contributed by atoms with Crippen LogP contribution in [0, 0.1) is 0 Å². The third-order valence-corrected chi connectivity index (χ3v) is 11.1. The Morgan fingerprint density at radius 1 is 0.775 bits per heavy atom. The summed E-state index contributed by atoms with van der Waals surface area (Å²) < 4.78 is 1.22. The second kappa shape index (κ2) is 9.46. The van der Waals surface area contributed by atoms with Crippen LogP contribution in [0.5, 0.6) is 0 Å². The van der Waals surface area contributed by atoms with E-state index >= 15 is 0 Å². The number of pyridine rings is 1. The van der Waals surface area contributed by atoms with Gasteiger partial charge in [0.2, 0.25) is 23.6 Å². The number of hydrogen-bond acceptors (Lipinski definition) is 8. The standard InChI is InChI=1S/C25H23Br2N7O5S/c1-11(35)30-19-21-32(13(3)37)23(30)24-31(12(2)36)20(29(19)9-15-5-7-28-8-6-15)22(33(24)14(4)38)34(21)25(39)18-17(27)16(26)10-40-18/h5-8,10,19-22H,9H2,1-4H3. The lowest BCUT2D eigenvalue weighted by Gasteiger charge is -2.54. The number of piperazine rings is 1.